The first kappa shape index (κ1) is 14.8. The number of nitrogens with one attached hydrogen (secondary N) is 1. The molecule has 0 aromatic heterocycles. The third kappa shape index (κ3) is 3.21. The van der Waals surface area contributed by atoms with Crippen molar-refractivity contribution in [3.8, 4) is 0 Å². The zero-order chi connectivity index (χ0) is 15.5. The second kappa shape index (κ2) is 6.34. The summed E-state index contributed by atoms with van der Waals surface area (Å²) in [5.41, 5.74) is 0.773. The molecule has 4 nitrogen and oxygen atoms in total. The lowest BCUT2D eigenvalue weighted by atomic mass is 9.69. The minimum Gasteiger partial charge on any atom is -0.478 e. The van der Waals surface area contributed by atoms with E-state index in [1.54, 1.807) is 18.2 Å². The molecule has 4 heteroatoms. The van der Waals surface area contributed by atoms with Crippen molar-refractivity contribution in [1.82, 2.24) is 5.32 Å². The highest BCUT2D eigenvalue weighted by Gasteiger charge is 2.31. The molecule has 1 aromatic carbocycles. The number of amides is 1. The zero-order valence-electron chi connectivity index (χ0n) is 12.5. The normalized spacial score (nSPS) is 25.9. The molecule has 0 spiro atoms. The third-order valence-corrected chi connectivity index (χ3v) is 4.87. The van der Waals surface area contributed by atoms with Crippen LogP contribution in [0.2, 0.25) is 0 Å². The van der Waals surface area contributed by atoms with Gasteiger partial charge in [-0.2, -0.15) is 0 Å². The largest absolute Gasteiger partial charge is 0.478 e. The number of benzene rings is 1. The monoisotopic (exact) mass is 299 g/mol. The van der Waals surface area contributed by atoms with Gasteiger partial charge in [0.15, 0.2) is 0 Å². The van der Waals surface area contributed by atoms with Crippen LogP contribution >= 0.6 is 0 Å². The van der Waals surface area contributed by atoms with Crippen LogP contribution in [-0.4, -0.2) is 23.5 Å². The van der Waals surface area contributed by atoms with Crippen molar-refractivity contribution in [1.29, 1.82) is 0 Å². The number of hydrogen-bond acceptors (Lipinski definition) is 2. The van der Waals surface area contributed by atoms with Gasteiger partial charge < -0.3 is 10.4 Å². The molecule has 22 heavy (non-hydrogen) atoms. The van der Waals surface area contributed by atoms with E-state index in [4.69, 9.17) is 5.11 Å². The molecule has 0 heterocycles. The molecule has 3 unspecified atom stereocenters. The maximum absolute atomic E-state index is 12.1. The number of fused-ring (bicyclic) bond motifs is 2. The number of carbonyl (C=O) groups is 2. The summed E-state index contributed by atoms with van der Waals surface area (Å²) in [6.07, 6.45) is 8.40. The molecular weight excluding hydrogens is 278 g/mol. The molecule has 116 valence electrons. The second-order valence-corrected chi connectivity index (χ2v) is 6.33. The van der Waals surface area contributed by atoms with Crippen LogP contribution in [0.15, 0.2) is 36.4 Å². The summed E-state index contributed by atoms with van der Waals surface area (Å²) >= 11 is 0. The maximum Gasteiger partial charge on any atom is 0.335 e. The van der Waals surface area contributed by atoms with Gasteiger partial charge >= 0.3 is 5.97 Å². The van der Waals surface area contributed by atoms with Gasteiger partial charge in [-0.05, 0) is 48.6 Å². The van der Waals surface area contributed by atoms with Crippen molar-refractivity contribution in [2.45, 2.75) is 25.7 Å². The van der Waals surface area contributed by atoms with Crippen LogP contribution in [0.25, 0.3) is 0 Å². The third-order valence-electron chi connectivity index (χ3n) is 4.87. The molecule has 1 saturated carbocycles. The van der Waals surface area contributed by atoms with Crippen LogP contribution in [0.1, 0.15) is 35.2 Å². The van der Waals surface area contributed by atoms with Crippen molar-refractivity contribution >= 4 is 11.9 Å². The summed E-state index contributed by atoms with van der Waals surface area (Å²) < 4.78 is 0. The lowest BCUT2D eigenvalue weighted by molar-refractivity contribution is -0.120. The Morgan fingerprint density at radius 3 is 2.64 bits per heavy atom. The molecule has 3 atom stereocenters. The lowest BCUT2D eigenvalue weighted by Gasteiger charge is -2.38. The molecule has 1 fully saturated rings. The van der Waals surface area contributed by atoms with Gasteiger partial charge in [0, 0.05) is 6.54 Å². The molecule has 3 aliphatic carbocycles. The topological polar surface area (TPSA) is 66.4 Å². The van der Waals surface area contributed by atoms with E-state index in [2.05, 4.69) is 17.5 Å². The molecule has 2 N–H and O–H groups in total. The van der Waals surface area contributed by atoms with Crippen molar-refractivity contribution in [2.24, 2.45) is 17.8 Å². The smallest absolute Gasteiger partial charge is 0.335 e. The number of carboxylic acid groups (broad SMARTS) is 1. The Balaban J connectivity index is 1.55. The lowest BCUT2D eigenvalue weighted by Crippen LogP contribution is -2.37. The predicted molar refractivity (Wildman–Crippen MR) is 83.6 cm³/mol. The first-order chi connectivity index (χ1) is 10.6. The van der Waals surface area contributed by atoms with Crippen LogP contribution in [0.5, 0.6) is 0 Å². The first-order valence-corrected chi connectivity index (χ1v) is 7.89. The number of allylic oxidation sites excluding steroid dienone is 2. The van der Waals surface area contributed by atoms with E-state index in [-0.39, 0.29) is 17.9 Å². The van der Waals surface area contributed by atoms with E-state index >= 15 is 0 Å². The fraction of sp³-hybridized carbons (Fsp3) is 0.444. The molecular formula is C18H21NO3. The Kier molecular flexibility index (Phi) is 4.27. The van der Waals surface area contributed by atoms with Crippen LogP contribution < -0.4 is 5.32 Å². The molecule has 1 aromatic rings. The van der Waals surface area contributed by atoms with Crippen LogP contribution in [0.4, 0.5) is 0 Å². The van der Waals surface area contributed by atoms with Crippen LogP contribution in [-0.2, 0) is 11.2 Å². The average molecular weight is 299 g/mol. The minimum atomic E-state index is -0.988. The van der Waals surface area contributed by atoms with Gasteiger partial charge in [0.25, 0.3) is 0 Å². The quantitative estimate of drug-likeness (QED) is 0.821. The highest BCUT2D eigenvalue weighted by atomic mass is 16.4. The van der Waals surface area contributed by atoms with Gasteiger partial charge in [-0.3, -0.25) is 4.79 Å². The SMILES string of the molecule is O=C(Cc1ccccc1C(=O)O)NCC1CC2C=CC1CC2. The standard InChI is InChI=1S/C18H21NO3/c20-17(10-14-3-1-2-4-16(14)18(21)22)19-11-15-9-12-5-7-13(15)8-6-12/h1-5,7,12-13,15H,6,8-11H2,(H,19,20)(H,21,22). The zero-order valence-corrected chi connectivity index (χ0v) is 12.5. The fourth-order valence-electron chi connectivity index (χ4n) is 3.65. The predicted octanol–water partition coefficient (Wildman–Crippen LogP) is 2.65. The summed E-state index contributed by atoms with van der Waals surface area (Å²) in [7, 11) is 0. The van der Waals surface area contributed by atoms with Crippen molar-refractivity contribution < 1.29 is 14.7 Å². The Morgan fingerprint density at radius 2 is 2.00 bits per heavy atom. The van der Waals surface area contributed by atoms with E-state index in [1.807, 2.05) is 0 Å². The Hall–Kier alpha value is -2.10. The number of rotatable bonds is 5. The molecule has 0 aliphatic heterocycles. The molecule has 2 bridgehead atoms. The van der Waals surface area contributed by atoms with Gasteiger partial charge in [-0.1, -0.05) is 30.4 Å². The number of hydrogen-bond donors (Lipinski definition) is 2. The Morgan fingerprint density at radius 1 is 1.18 bits per heavy atom. The summed E-state index contributed by atoms with van der Waals surface area (Å²) in [5, 5.41) is 12.1. The number of carbonyl (C=O) groups excluding carboxylic acids is 1. The highest BCUT2D eigenvalue weighted by Crippen LogP contribution is 2.39. The van der Waals surface area contributed by atoms with Crippen molar-refractivity contribution in [3.05, 3.63) is 47.5 Å². The van der Waals surface area contributed by atoms with E-state index in [0.29, 0.717) is 29.9 Å². The van der Waals surface area contributed by atoms with Crippen LogP contribution in [0, 0.1) is 17.8 Å². The number of carboxylic acids is 1. The Labute approximate surface area is 130 Å². The van der Waals surface area contributed by atoms with E-state index in [0.717, 1.165) is 6.42 Å². The van der Waals surface area contributed by atoms with E-state index in [9.17, 15) is 9.59 Å². The van der Waals surface area contributed by atoms with Crippen LogP contribution in [0.3, 0.4) is 0 Å². The molecule has 0 radical (unpaired) electrons. The highest BCUT2D eigenvalue weighted by molar-refractivity contribution is 5.91. The first-order valence-electron chi connectivity index (χ1n) is 7.89. The molecule has 0 saturated heterocycles. The fourth-order valence-corrected chi connectivity index (χ4v) is 3.65. The molecule has 3 aliphatic rings. The van der Waals surface area contributed by atoms with E-state index in [1.165, 1.54) is 18.9 Å². The maximum atomic E-state index is 12.1. The number of aromatic carboxylic acids is 1. The molecule has 4 rings (SSSR count). The van der Waals surface area contributed by atoms with Gasteiger partial charge in [-0.15, -0.1) is 0 Å². The summed E-state index contributed by atoms with van der Waals surface area (Å²) in [4.78, 5) is 23.3. The van der Waals surface area contributed by atoms with Crippen molar-refractivity contribution in [2.75, 3.05) is 6.54 Å². The minimum absolute atomic E-state index is 0.0980. The summed E-state index contributed by atoms with van der Waals surface area (Å²) in [6, 6.07) is 6.68. The van der Waals surface area contributed by atoms with Gasteiger partial charge in [0.1, 0.15) is 0 Å². The summed E-state index contributed by atoms with van der Waals surface area (Å²) in [6.45, 7) is 0.694. The van der Waals surface area contributed by atoms with Crippen molar-refractivity contribution in [3.63, 3.8) is 0 Å². The molecule has 1 amide bonds. The second-order valence-electron chi connectivity index (χ2n) is 6.33. The van der Waals surface area contributed by atoms with Gasteiger partial charge in [0.05, 0.1) is 12.0 Å². The van der Waals surface area contributed by atoms with Gasteiger partial charge in [0.2, 0.25) is 5.91 Å². The Bertz CT molecular complexity index is 608. The summed E-state index contributed by atoms with van der Waals surface area (Å²) in [5.74, 6) is 0.718. The average Bonchev–Trinajstić information content (AvgIpc) is 2.54. The van der Waals surface area contributed by atoms with Gasteiger partial charge in [-0.25, -0.2) is 4.79 Å². The van der Waals surface area contributed by atoms with E-state index < -0.39 is 5.97 Å².